The molecule has 3 N–H and O–H groups in total. The molecule has 3 atom stereocenters. The maximum atomic E-state index is 14.2. The second-order valence-corrected chi connectivity index (χ2v) is 10.4. The minimum Gasteiger partial charge on any atom is -0.383 e. The molecular formula is C24H20BrF2N7O2. The topological polar surface area (TPSA) is 119 Å². The lowest BCUT2D eigenvalue weighted by atomic mass is 10.0. The van der Waals surface area contributed by atoms with Gasteiger partial charge in [-0.25, -0.2) is 23.7 Å². The maximum Gasteiger partial charge on any atom is 0.248 e. The Hall–Kier alpha value is -3.67. The Morgan fingerprint density at radius 1 is 1.22 bits per heavy atom. The summed E-state index contributed by atoms with van der Waals surface area (Å²) in [5, 5.41) is 3.45. The van der Waals surface area contributed by atoms with E-state index >= 15 is 0 Å². The molecule has 2 amide bonds. The van der Waals surface area contributed by atoms with Gasteiger partial charge in [-0.2, -0.15) is 0 Å². The molecule has 4 heterocycles. The minimum atomic E-state index is -1.06. The van der Waals surface area contributed by atoms with Gasteiger partial charge in [0.25, 0.3) is 0 Å². The molecule has 184 valence electrons. The fourth-order valence-corrected chi connectivity index (χ4v) is 5.69. The summed E-state index contributed by atoms with van der Waals surface area (Å²) in [7, 11) is 0. The Kier molecular flexibility index (Phi) is 5.01. The van der Waals surface area contributed by atoms with E-state index in [1.165, 1.54) is 10.9 Å². The molecule has 9 nitrogen and oxygen atoms in total. The van der Waals surface area contributed by atoms with Crippen molar-refractivity contribution in [3.63, 3.8) is 0 Å². The lowest BCUT2D eigenvalue weighted by molar-refractivity contribution is -0.138. The number of hydrogen-bond acceptors (Lipinski definition) is 6. The van der Waals surface area contributed by atoms with Gasteiger partial charge in [-0.05, 0) is 52.4 Å². The van der Waals surface area contributed by atoms with Gasteiger partial charge in [0.15, 0.2) is 11.6 Å². The van der Waals surface area contributed by atoms with Crippen LogP contribution in [-0.2, 0) is 16.1 Å². The number of nitrogens with zero attached hydrogens (tertiary/aromatic N) is 5. The Labute approximate surface area is 211 Å². The molecule has 0 radical (unpaired) electrons. The second kappa shape index (κ2) is 7.92. The van der Waals surface area contributed by atoms with Crippen LogP contribution in [0.3, 0.4) is 0 Å². The number of aromatic nitrogens is 4. The normalized spacial score (nSPS) is 22.7. The Morgan fingerprint density at radius 3 is 2.78 bits per heavy atom. The number of rotatable bonds is 4. The summed E-state index contributed by atoms with van der Waals surface area (Å²) >= 11 is 3.28. The number of halogens is 3. The summed E-state index contributed by atoms with van der Waals surface area (Å²) in [5.41, 5.74) is 6.43. The van der Waals surface area contributed by atoms with Crippen LogP contribution in [0.4, 0.5) is 20.4 Å². The van der Waals surface area contributed by atoms with Gasteiger partial charge in [-0.3, -0.25) is 9.59 Å². The number of likely N-dealkylation sites (tertiary alicyclic amines) is 1. The van der Waals surface area contributed by atoms with Gasteiger partial charge in [0.1, 0.15) is 40.8 Å². The summed E-state index contributed by atoms with van der Waals surface area (Å²) in [6.07, 6.45) is 2.55. The molecule has 1 aliphatic heterocycles. The number of hydrogen-bond donors (Lipinski definition) is 2. The molecule has 2 aliphatic rings. The number of nitrogens with two attached hydrogens (primary N) is 1. The van der Waals surface area contributed by atoms with Crippen molar-refractivity contribution in [2.75, 3.05) is 11.1 Å². The Bertz CT molecular complexity index is 1590. The highest BCUT2D eigenvalue weighted by atomic mass is 79.9. The third kappa shape index (κ3) is 3.50. The predicted octanol–water partition coefficient (Wildman–Crippen LogP) is 3.62. The van der Waals surface area contributed by atoms with Crippen molar-refractivity contribution < 1.29 is 18.4 Å². The molecule has 1 aliphatic carbocycles. The van der Waals surface area contributed by atoms with Crippen molar-refractivity contribution >= 4 is 61.3 Å². The first kappa shape index (κ1) is 22.8. The zero-order chi connectivity index (χ0) is 25.4. The fourth-order valence-electron chi connectivity index (χ4n) is 5.35. The standard InChI is InChI=1S/C24H20BrF2N7O2/c1-24-7-15(23(36)32-18-4-2-3-17(25)31-18)34(16(24)8-24)19(35)9-33-14-6-13(27)12(26)5-11(14)20-21(28)29-10-30-22(20)33/h2-6,10,15-16H,7-9H2,1H3,(H2,28,29,30)(H,31,32,36)/t15-,16?,24-/m0/s1. The number of nitrogens with one attached hydrogen (secondary N) is 1. The van der Waals surface area contributed by atoms with Crippen molar-refractivity contribution in [3.8, 4) is 0 Å². The number of amides is 2. The molecule has 1 saturated heterocycles. The van der Waals surface area contributed by atoms with E-state index in [1.54, 1.807) is 23.1 Å². The highest BCUT2D eigenvalue weighted by Gasteiger charge is 2.64. The van der Waals surface area contributed by atoms with E-state index in [0.29, 0.717) is 27.6 Å². The van der Waals surface area contributed by atoms with Crippen LogP contribution < -0.4 is 11.1 Å². The maximum absolute atomic E-state index is 14.2. The lowest BCUT2D eigenvalue weighted by Gasteiger charge is -2.27. The molecule has 36 heavy (non-hydrogen) atoms. The van der Waals surface area contributed by atoms with E-state index in [9.17, 15) is 18.4 Å². The zero-order valence-electron chi connectivity index (χ0n) is 19.0. The smallest absolute Gasteiger partial charge is 0.248 e. The summed E-state index contributed by atoms with van der Waals surface area (Å²) in [4.78, 5) is 41.0. The van der Waals surface area contributed by atoms with Gasteiger partial charge in [0.2, 0.25) is 11.8 Å². The number of carbonyl (C=O) groups excluding carboxylic acids is 2. The van der Waals surface area contributed by atoms with Crippen LogP contribution >= 0.6 is 15.9 Å². The first-order valence-corrected chi connectivity index (χ1v) is 12.1. The average Bonchev–Trinajstić information content (AvgIpc) is 3.25. The third-order valence-electron chi connectivity index (χ3n) is 7.20. The van der Waals surface area contributed by atoms with Gasteiger partial charge in [0.05, 0.1) is 10.9 Å². The molecular weight excluding hydrogens is 536 g/mol. The van der Waals surface area contributed by atoms with Gasteiger partial charge < -0.3 is 20.5 Å². The molecule has 1 aromatic carbocycles. The number of anilines is 2. The predicted molar refractivity (Wildman–Crippen MR) is 132 cm³/mol. The number of nitrogen functional groups attached to an aromatic ring is 1. The number of piperidine rings is 1. The monoisotopic (exact) mass is 555 g/mol. The van der Waals surface area contributed by atoms with Gasteiger partial charge in [-0.1, -0.05) is 13.0 Å². The van der Waals surface area contributed by atoms with Crippen molar-refractivity contribution in [1.82, 2.24) is 24.4 Å². The largest absolute Gasteiger partial charge is 0.383 e. The number of fused-ring (bicyclic) bond motifs is 4. The van der Waals surface area contributed by atoms with Crippen LogP contribution in [0.1, 0.15) is 19.8 Å². The van der Waals surface area contributed by atoms with Crippen LogP contribution in [0.5, 0.6) is 0 Å². The summed E-state index contributed by atoms with van der Waals surface area (Å²) in [6, 6.07) is 6.44. The van der Waals surface area contributed by atoms with Crippen LogP contribution in [0.25, 0.3) is 21.9 Å². The molecule has 3 aromatic heterocycles. The highest BCUT2D eigenvalue weighted by molar-refractivity contribution is 9.10. The van der Waals surface area contributed by atoms with E-state index < -0.39 is 17.7 Å². The van der Waals surface area contributed by atoms with E-state index in [-0.39, 0.29) is 46.8 Å². The minimum absolute atomic E-state index is 0.0850. The van der Waals surface area contributed by atoms with Crippen molar-refractivity contribution in [2.24, 2.45) is 5.41 Å². The van der Waals surface area contributed by atoms with Crippen LogP contribution in [0.2, 0.25) is 0 Å². The number of benzene rings is 1. The number of pyridine rings is 1. The first-order chi connectivity index (χ1) is 17.2. The molecule has 0 bridgehead atoms. The molecule has 0 spiro atoms. The first-order valence-electron chi connectivity index (χ1n) is 11.3. The quantitative estimate of drug-likeness (QED) is 0.371. The molecule has 2 fully saturated rings. The summed E-state index contributed by atoms with van der Waals surface area (Å²) < 4.78 is 30.4. The van der Waals surface area contributed by atoms with Crippen LogP contribution in [-0.4, -0.2) is 48.3 Å². The third-order valence-corrected chi connectivity index (χ3v) is 7.64. The Balaban J connectivity index is 1.36. The van der Waals surface area contributed by atoms with Gasteiger partial charge >= 0.3 is 0 Å². The van der Waals surface area contributed by atoms with Gasteiger partial charge in [-0.15, -0.1) is 0 Å². The van der Waals surface area contributed by atoms with Gasteiger partial charge in [0, 0.05) is 17.5 Å². The SMILES string of the molecule is C[C@]12CC1N(C(=O)Cn1c3cc(F)c(F)cc3c3c(N)ncnc31)[C@H](C(=O)Nc1cccc(Br)n1)C2. The zero-order valence-corrected chi connectivity index (χ0v) is 20.6. The van der Waals surface area contributed by atoms with Crippen LogP contribution in [0.15, 0.2) is 41.3 Å². The van der Waals surface area contributed by atoms with Crippen molar-refractivity contribution in [2.45, 2.75) is 38.4 Å². The van der Waals surface area contributed by atoms with Crippen molar-refractivity contribution in [3.05, 3.63) is 52.9 Å². The molecule has 1 saturated carbocycles. The average molecular weight is 556 g/mol. The second-order valence-electron chi connectivity index (χ2n) is 9.56. The number of carbonyl (C=O) groups is 2. The lowest BCUT2D eigenvalue weighted by Crippen LogP contribution is -2.46. The van der Waals surface area contributed by atoms with E-state index in [2.05, 4.69) is 43.1 Å². The van der Waals surface area contributed by atoms with E-state index in [0.717, 1.165) is 18.6 Å². The molecule has 6 rings (SSSR count). The van der Waals surface area contributed by atoms with E-state index in [4.69, 9.17) is 5.73 Å². The molecule has 12 heteroatoms. The molecule has 1 unspecified atom stereocenters. The van der Waals surface area contributed by atoms with Crippen LogP contribution in [0, 0.1) is 17.0 Å². The Morgan fingerprint density at radius 2 is 2.00 bits per heavy atom. The summed E-state index contributed by atoms with van der Waals surface area (Å²) in [5.74, 6) is -2.28. The van der Waals surface area contributed by atoms with Crippen molar-refractivity contribution in [1.29, 1.82) is 0 Å². The fraction of sp³-hybridized carbons (Fsp3) is 0.292. The highest BCUT2D eigenvalue weighted by Crippen LogP contribution is 2.59. The van der Waals surface area contributed by atoms with E-state index in [1.807, 2.05) is 0 Å². The molecule has 4 aromatic rings. The summed E-state index contributed by atoms with van der Waals surface area (Å²) in [6.45, 7) is 1.82.